The van der Waals surface area contributed by atoms with E-state index in [0.717, 1.165) is 16.9 Å². The van der Waals surface area contributed by atoms with E-state index >= 15 is 0 Å². The zero-order chi connectivity index (χ0) is 16.5. The maximum Gasteiger partial charge on any atom is 0.435 e. The van der Waals surface area contributed by atoms with Crippen molar-refractivity contribution < 1.29 is 27.5 Å². The number of aromatic nitrogens is 2. The van der Waals surface area contributed by atoms with Gasteiger partial charge in [-0.2, -0.15) is 18.3 Å². The van der Waals surface area contributed by atoms with Gasteiger partial charge >= 0.3 is 6.18 Å². The second-order valence-electron chi connectivity index (χ2n) is 4.91. The topological polar surface area (TPSA) is 90.4 Å². The highest BCUT2D eigenvalue weighted by atomic mass is 19.4. The van der Waals surface area contributed by atoms with Crippen LogP contribution >= 0.6 is 0 Å². The number of halogens is 3. The number of hydrogen-bond acceptors (Lipinski definition) is 4. The third-order valence-corrected chi connectivity index (χ3v) is 3.33. The Labute approximate surface area is 123 Å². The lowest BCUT2D eigenvalue weighted by molar-refractivity contribution is -0.154. The number of nitrogens with two attached hydrogens (primary N) is 1. The molecular weight excluding hydrogens is 305 g/mol. The van der Waals surface area contributed by atoms with Crippen molar-refractivity contribution in [1.82, 2.24) is 14.7 Å². The summed E-state index contributed by atoms with van der Waals surface area (Å²) in [6, 6.07) is -0.167. The van der Waals surface area contributed by atoms with Gasteiger partial charge in [0.1, 0.15) is 12.6 Å². The van der Waals surface area contributed by atoms with Gasteiger partial charge in [-0.05, 0) is 13.0 Å². The van der Waals surface area contributed by atoms with Crippen LogP contribution in [0.3, 0.4) is 0 Å². The van der Waals surface area contributed by atoms with Gasteiger partial charge in [-0.1, -0.05) is 0 Å². The number of ether oxygens (including phenoxy) is 1. The first kappa shape index (κ1) is 16.3. The van der Waals surface area contributed by atoms with E-state index in [0.29, 0.717) is 0 Å². The Morgan fingerprint density at radius 2 is 2.18 bits per heavy atom. The fraction of sp³-hybridized carbons (Fsp3) is 0.583. The summed E-state index contributed by atoms with van der Waals surface area (Å²) in [7, 11) is 0. The van der Waals surface area contributed by atoms with Gasteiger partial charge in [-0.3, -0.25) is 14.3 Å². The molecular formula is C12H15F3N4O3. The quantitative estimate of drug-likeness (QED) is 0.849. The van der Waals surface area contributed by atoms with Crippen molar-refractivity contribution in [3.63, 3.8) is 0 Å². The molecule has 0 spiro atoms. The zero-order valence-corrected chi connectivity index (χ0v) is 11.7. The summed E-state index contributed by atoms with van der Waals surface area (Å²) in [6.45, 7) is 1.56. The number of alkyl halides is 3. The molecule has 2 heterocycles. The van der Waals surface area contributed by atoms with Crippen molar-refractivity contribution in [1.29, 1.82) is 0 Å². The molecule has 122 valence electrons. The van der Waals surface area contributed by atoms with Crippen LogP contribution in [0.15, 0.2) is 12.3 Å². The lowest BCUT2D eigenvalue weighted by atomic mass is 10.1. The van der Waals surface area contributed by atoms with Gasteiger partial charge in [-0.15, -0.1) is 0 Å². The number of amides is 2. The summed E-state index contributed by atoms with van der Waals surface area (Å²) in [5.41, 5.74) is 4.17. The molecule has 0 saturated carbocycles. The summed E-state index contributed by atoms with van der Waals surface area (Å²) in [6.07, 6.45) is -4.08. The molecule has 0 unspecified atom stereocenters. The third-order valence-electron chi connectivity index (χ3n) is 3.33. The molecule has 1 aliphatic rings. The Balaban J connectivity index is 2.10. The van der Waals surface area contributed by atoms with Crippen molar-refractivity contribution in [2.45, 2.75) is 31.8 Å². The molecule has 7 nitrogen and oxygen atoms in total. The van der Waals surface area contributed by atoms with E-state index < -0.39 is 42.4 Å². The van der Waals surface area contributed by atoms with Gasteiger partial charge in [0.05, 0.1) is 12.7 Å². The van der Waals surface area contributed by atoms with E-state index in [4.69, 9.17) is 10.5 Å². The second-order valence-corrected chi connectivity index (χ2v) is 4.91. The van der Waals surface area contributed by atoms with Gasteiger partial charge in [0.15, 0.2) is 5.69 Å². The van der Waals surface area contributed by atoms with Gasteiger partial charge < -0.3 is 15.4 Å². The molecule has 0 radical (unpaired) electrons. The maximum absolute atomic E-state index is 12.5. The summed E-state index contributed by atoms with van der Waals surface area (Å²) in [5, 5.41) is 3.30. The van der Waals surface area contributed by atoms with Gasteiger partial charge in [-0.25, -0.2) is 0 Å². The molecule has 1 aliphatic heterocycles. The van der Waals surface area contributed by atoms with Crippen LogP contribution < -0.4 is 5.73 Å². The Hall–Kier alpha value is -2.10. The Bertz CT molecular complexity index is 572. The minimum Gasteiger partial charge on any atom is -0.374 e. The van der Waals surface area contributed by atoms with E-state index in [2.05, 4.69) is 5.10 Å². The lowest BCUT2D eigenvalue weighted by Crippen LogP contribution is -2.59. The minimum absolute atomic E-state index is 0.143. The Morgan fingerprint density at radius 3 is 2.73 bits per heavy atom. The van der Waals surface area contributed by atoms with Gasteiger partial charge in [0, 0.05) is 12.7 Å². The van der Waals surface area contributed by atoms with Gasteiger partial charge in [0.2, 0.25) is 11.8 Å². The first-order valence-corrected chi connectivity index (χ1v) is 6.51. The molecule has 1 aromatic heterocycles. The van der Waals surface area contributed by atoms with Crippen LogP contribution in [0.25, 0.3) is 0 Å². The monoisotopic (exact) mass is 320 g/mol. The number of hydrogen-bond donors (Lipinski definition) is 1. The predicted molar refractivity (Wildman–Crippen MR) is 67.3 cm³/mol. The van der Waals surface area contributed by atoms with E-state index in [1.54, 1.807) is 6.92 Å². The van der Waals surface area contributed by atoms with Crippen LogP contribution in [0.4, 0.5) is 13.2 Å². The molecule has 22 heavy (non-hydrogen) atoms. The average Bonchev–Trinajstić information content (AvgIpc) is 2.86. The van der Waals surface area contributed by atoms with Crippen molar-refractivity contribution in [3.05, 3.63) is 18.0 Å². The molecule has 0 aromatic carbocycles. The Kier molecular flexibility index (Phi) is 4.40. The van der Waals surface area contributed by atoms with Crippen LogP contribution in [-0.4, -0.2) is 51.8 Å². The standard InChI is InChI=1S/C12H15F3N4O3/c1-7-10(11(16)21)19(4-5-22-7)9(20)6-18-3-2-8(17-18)12(13,14)15/h2-3,7,10H,4-6H2,1H3,(H2,16,21)/t7-,10+/m1/s1. The molecule has 0 bridgehead atoms. The number of carbonyl (C=O) groups excluding carboxylic acids is 2. The smallest absolute Gasteiger partial charge is 0.374 e. The highest BCUT2D eigenvalue weighted by molar-refractivity contribution is 5.87. The SMILES string of the molecule is C[C@H]1OCCN(C(=O)Cn2ccc(C(F)(F)F)n2)[C@@H]1C(N)=O. The molecule has 10 heteroatoms. The lowest BCUT2D eigenvalue weighted by Gasteiger charge is -2.37. The average molecular weight is 320 g/mol. The number of rotatable bonds is 3. The molecule has 2 atom stereocenters. The maximum atomic E-state index is 12.5. The van der Waals surface area contributed by atoms with Crippen LogP contribution in [0.1, 0.15) is 12.6 Å². The van der Waals surface area contributed by atoms with Gasteiger partial charge in [0.25, 0.3) is 0 Å². The van der Waals surface area contributed by atoms with E-state index in [1.165, 1.54) is 4.90 Å². The summed E-state index contributed by atoms with van der Waals surface area (Å²) >= 11 is 0. The van der Waals surface area contributed by atoms with E-state index in [9.17, 15) is 22.8 Å². The molecule has 2 N–H and O–H groups in total. The molecule has 1 aromatic rings. The highest BCUT2D eigenvalue weighted by Crippen LogP contribution is 2.27. The van der Waals surface area contributed by atoms with E-state index in [1.807, 2.05) is 0 Å². The van der Waals surface area contributed by atoms with Crippen molar-refractivity contribution in [2.24, 2.45) is 5.73 Å². The molecule has 2 amide bonds. The van der Waals surface area contributed by atoms with Crippen LogP contribution in [0.2, 0.25) is 0 Å². The Morgan fingerprint density at radius 1 is 1.50 bits per heavy atom. The summed E-state index contributed by atoms with van der Waals surface area (Å²) in [4.78, 5) is 24.9. The van der Waals surface area contributed by atoms with Crippen LogP contribution in [-0.2, 0) is 27.0 Å². The van der Waals surface area contributed by atoms with Crippen molar-refractivity contribution >= 4 is 11.8 Å². The third kappa shape index (κ3) is 3.38. The van der Waals surface area contributed by atoms with Crippen molar-refractivity contribution in [2.75, 3.05) is 13.2 Å². The number of carbonyl (C=O) groups is 2. The molecule has 0 aliphatic carbocycles. The zero-order valence-electron chi connectivity index (χ0n) is 11.7. The predicted octanol–water partition coefficient (Wildman–Crippen LogP) is 0.00310. The fourth-order valence-electron chi connectivity index (χ4n) is 2.32. The molecule has 1 saturated heterocycles. The number of nitrogens with zero attached hydrogens (tertiary/aromatic N) is 3. The van der Waals surface area contributed by atoms with E-state index in [-0.39, 0.29) is 13.2 Å². The summed E-state index contributed by atoms with van der Waals surface area (Å²) in [5.74, 6) is -1.27. The first-order chi connectivity index (χ1) is 10.2. The summed E-state index contributed by atoms with van der Waals surface area (Å²) < 4.78 is 43.5. The van der Waals surface area contributed by atoms with Crippen molar-refractivity contribution in [3.8, 4) is 0 Å². The molecule has 2 rings (SSSR count). The fourth-order valence-corrected chi connectivity index (χ4v) is 2.32. The first-order valence-electron chi connectivity index (χ1n) is 6.51. The normalized spacial score (nSPS) is 22.6. The second kappa shape index (κ2) is 5.95. The minimum atomic E-state index is -4.57. The van der Waals surface area contributed by atoms with Crippen LogP contribution in [0.5, 0.6) is 0 Å². The number of primary amides is 1. The largest absolute Gasteiger partial charge is 0.435 e. The molecule has 1 fully saturated rings. The van der Waals surface area contributed by atoms with Crippen LogP contribution in [0, 0.1) is 0 Å². The highest BCUT2D eigenvalue weighted by Gasteiger charge is 2.37. The number of morpholine rings is 1.